The van der Waals surface area contributed by atoms with Crippen LogP contribution < -0.4 is 19.7 Å². The molecule has 0 aliphatic heterocycles. The monoisotopic (exact) mass is 634 g/mol. The van der Waals surface area contributed by atoms with Crippen LogP contribution in [-0.4, -0.2) is 43.2 Å². The standard InChI is InChI=1S/C38H35ClN2O5/c1-45-31-13-9-10-28(24-31)26-41(36-17-8-6-15-33(36)39)22-23-46-30-20-18-27(19-21-30)25-35(38(43)44)40-34-16-7-5-14-32(34)37(42)29-11-3-2-4-12-29/h2-21,24,35,40H,22-23,25-26H2,1H3,(H,43,44)/t35-/m0/s1. The van der Waals surface area contributed by atoms with Crippen molar-refractivity contribution in [3.63, 3.8) is 0 Å². The third-order valence-corrected chi connectivity index (χ3v) is 7.85. The summed E-state index contributed by atoms with van der Waals surface area (Å²) in [6.45, 7) is 1.60. The highest BCUT2D eigenvalue weighted by Crippen LogP contribution is 2.28. The molecule has 5 aromatic rings. The van der Waals surface area contributed by atoms with Crippen LogP contribution in [0, 0.1) is 0 Å². The van der Waals surface area contributed by atoms with Gasteiger partial charge in [0.2, 0.25) is 0 Å². The number of carbonyl (C=O) groups is 2. The van der Waals surface area contributed by atoms with Crippen molar-refractivity contribution in [2.45, 2.75) is 19.0 Å². The lowest BCUT2D eigenvalue weighted by atomic mass is 10.00. The zero-order chi connectivity index (χ0) is 32.3. The molecular formula is C38H35ClN2O5. The molecule has 5 aromatic carbocycles. The quantitative estimate of drug-likeness (QED) is 0.114. The smallest absolute Gasteiger partial charge is 0.326 e. The first-order chi connectivity index (χ1) is 22.4. The van der Waals surface area contributed by atoms with Gasteiger partial charge in [-0.15, -0.1) is 0 Å². The lowest BCUT2D eigenvalue weighted by molar-refractivity contribution is -0.137. The molecule has 0 unspecified atom stereocenters. The predicted octanol–water partition coefficient (Wildman–Crippen LogP) is 7.77. The fourth-order valence-corrected chi connectivity index (χ4v) is 5.41. The number of ketones is 1. The van der Waals surface area contributed by atoms with E-state index in [1.54, 1.807) is 55.6 Å². The van der Waals surface area contributed by atoms with Gasteiger partial charge < -0.3 is 24.8 Å². The number of methoxy groups -OCH3 is 1. The number of benzene rings is 5. The Kier molecular flexibility index (Phi) is 10.9. The summed E-state index contributed by atoms with van der Waals surface area (Å²) in [5, 5.41) is 13.8. The van der Waals surface area contributed by atoms with Crippen LogP contribution in [-0.2, 0) is 17.8 Å². The van der Waals surface area contributed by atoms with Crippen molar-refractivity contribution in [1.29, 1.82) is 0 Å². The Hall–Kier alpha value is -5.27. The Morgan fingerprint density at radius 3 is 2.26 bits per heavy atom. The number of hydrogen-bond acceptors (Lipinski definition) is 6. The van der Waals surface area contributed by atoms with Gasteiger partial charge in [-0.3, -0.25) is 4.79 Å². The number of carbonyl (C=O) groups excluding carboxylic acids is 1. The van der Waals surface area contributed by atoms with Crippen LogP contribution in [0.5, 0.6) is 11.5 Å². The van der Waals surface area contributed by atoms with E-state index in [4.69, 9.17) is 21.1 Å². The zero-order valence-corrected chi connectivity index (χ0v) is 26.2. The van der Waals surface area contributed by atoms with Gasteiger partial charge in [0.25, 0.3) is 0 Å². The summed E-state index contributed by atoms with van der Waals surface area (Å²) < 4.78 is 11.5. The summed E-state index contributed by atoms with van der Waals surface area (Å²) in [6, 6.07) is 38.0. The molecule has 2 N–H and O–H groups in total. The average Bonchev–Trinajstić information content (AvgIpc) is 3.09. The van der Waals surface area contributed by atoms with E-state index in [2.05, 4.69) is 10.2 Å². The van der Waals surface area contributed by atoms with Gasteiger partial charge in [0.15, 0.2) is 5.78 Å². The maximum absolute atomic E-state index is 13.1. The summed E-state index contributed by atoms with van der Waals surface area (Å²) in [5.41, 5.74) is 4.23. The summed E-state index contributed by atoms with van der Waals surface area (Å²) in [7, 11) is 1.65. The van der Waals surface area contributed by atoms with E-state index < -0.39 is 12.0 Å². The molecule has 234 valence electrons. The molecule has 0 radical (unpaired) electrons. The molecule has 0 heterocycles. The number of aliphatic carboxylic acids is 1. The minimum atomic E-state index is -1.02. The summed E-state index contributed by atoms with van der Waals surface area (Å²) in [4.78, 5) is 27.5. The third-order valence-electron chi connectivity index (χ3n) is 7.53. The summed E-state index contributed by atoms with van der Waals surface area (Å²) >= 11 is 6.55. The Bertz CT molecular complexity index is 1760. The minimum absolute atomic E-state index is 0.175. The van der Waals surface area contributed by atoms with Gasteiger partial charge in [0.05, 0.1) is 24.4 Å². The number of hydrogen-bond donors (Lipinski definition) is 2. The number of para-hydroxylation sites is 2. The van der Waals surface area contributed by atoms with E-state index in [1.165, 1.54) is 0 Å². The highest BCUT2D eigenvalue weighted by atomic mass is 35.5. The number of carboxylic acids is 1. The Morgan fingerprint density at radius 2 is 1.52 bits per heavy atom. The molecule has 0 saturated carbocycles. The van der Waals surface area contributed by atoms with E-state index >= 15 is 0 Å². The van der Waals surface area contributed by atoms with Crippen LogP contribution in [0.1, 0.15) is 27.0 Å². The second-order valence-electron chi connectivity index (χ2n) is 10.7. The molecule has 0 bridgehead atoms. The number of carboxylic acid groups (broad SMARTS) is 1. The SMILES string of the molecule is COc1cccc(CN(CCOc2ccc(C[C@H](Nc3ccccc3C(=O)c3ccccc3)C(=O)O)cc2)c2ccccc2Cl)c1. The van der Waals surface area contributed by atoms with Crippen molar-refractivity contribution >= 4 is 34.7 Å². The van der Waals surface area contributed by atoms with Gasteiger partial charge in [-0.2, -0.15) is 0 Å². The lowest BCUT2D eigenvalue weighted by Gasteiger charge is -2.26. The number of rotatable bonds is 15. The highest BCUT2D eigenvalue weighted by Gasteiger charge is 2.21. The lowest BCUT2D eigenvalue weighted by Crippen LogP contribution is -2.32. The van der Waals surface area contributed by atoms with Gasteiger partial charge in [-0.25, -0.2) is 4.79 Å². The number of nitrogens with one attached hydrogen (secondary N) is 1. The molecule has 1 atom stereocenters. The molecule has 7 nitrogen and oxygen atoms in total. The molecule has 0 saturated heterocycles. The Morgan fingerprint density at radius 1 is 0.804 bits per heavy atom. The van der Waals surface area contributed by atoms with Gasteiger partial charge in [-0.1, -0.05) is 90.5 Å². The molecule has 0 aromatic heterocycles. The highest BCUT2D eigenvalue weighted by molar-refractivity contribution is 6.33. The molecule has 0 spiro atoms. The zero-order valence-electron chi connectivity index (χ0n) is 25.4. The fourth-order valence-electron chi connectivity index (χ4n) is 5.16. The van der Waals surface area contributed by atoms with E-state index in [-0.39, 0.29) is 12.2 Å². The average molecular weight is 635 g/mol. The molecule has 46 heavy (non-hydrogen) atoms. The van der Waals surface area contributed by atoms with Crippen molar-refractivity contribution < 1.29 is 24.2 Å². The first-order valence-corrected chi connectivity index (χ1v) is 15.3. The fraction of sp³-hybridized carbons (Fsp3) is 0.158. The van der Waals surface area contributed by atoms with Gasteiger partial charge in [-0.05, 0) is 59.7 Å². The molecule has 0 aliphatic carbocycles. The second kappa shape index (κ2) is 15.6. The van der Waals surface area contributed by atoms with E-state index in [0.717, 1.165) is 22.6 Å². The normalized spacial score (nSPS) is 11.3. The van der Waals surface area contributed by atoms with Crippen LogP contribution >= 0.6 is 11.6 Å². The van der Waals surface area contributed by atoms with Crippen LogP contribution in [0.2, 0.25) is 5.02 Å². The van der Waals surface area contributed by atoms with Crippen molar-refractivity contribution in [3.8, 4) is 11.5 Å². The van der Waals surface area contributed by atoms with Crippen molar-refractivity contribution in [3.05, 3.63) is 155 Å². The topological polar surface area (TPSA) is 88.1 Å². The maximum atomic E-state index is 13.1. The van der Waals surface area contributed by atoms with Crippen LogP contribution in [0.4, 0.5) is 11.4 Å². The van der Waals surface area contributed by atoms with Crippen molar-refractivity contribution in [2.24, 2.45) is 0 Å². The van der Waals surface area contributed by atoms with Crippen molar-refractivity contribution in [2.75, 3.05) is 30.5 Å². The van der Waals surface area contributed by atoms with Crippen LogP contribution in [0.15, 0.2) is 127 Å². The summed E-state index contributed by atoms with van der Waals surface area (Å²) in [5.74, 6) is 0.268. The maximum Gasteiger partial charge on any atom is 0.326 e. The molecule has 5 rings (SSSR count). The number of ether oxygens (including phenoxy) is 2. The minimum Gasteiger partial charge on any atom is -0.497 e. The van der Waals surface area contributed by atoms with Crippen LogP contribution in [0.3, 0.4) is 0 Å². The third kappa shape index (κ3) is 8.46. The summed E-state index contributed by atoms with van der Waals surface area (Å²) in [6.07, 6.45) is 0.213. The number of nitrogens with zero attached hydrogens (tertiary/aromatic N) is 1. The van der Waals surface area contributed by atoms with E-state index in [9.17, 15) is 14.7 Å². The molecule has 0 fully saturated rings. The van der Waals surface area contributed by atoms with Gasteiger partial charge in [0.1, 0.15) is 24.1 Å². The number of anilines is 2. The molecule has 8 heteroatoms. The van der Waals surface area contributed by atoms with E-state index in [0.29, 0.717) is 47.3 Å². The van der Waals surface area contributed by atoms with Crippen LogP contribution in [0.25, 0.3) is 0 Å². The van der Waals surface area contributed by atoms with Gasteiger partial charge in [0, 0.05) is 29.8 Å². The largest absolute Gasteiger partial charge is 0.497 e. The van der Waals surface area contributed by atoms with E-state index in [1.807, 2.05) is 78.9 Å². The second-order valence-corrected chi connectivity index (χ2v) is 11.1. The molecule has 0 amide bonds. The predicted molar refractivity (Wildman–Crippen MR) is 182 cm³/mol. The Balaban J connectivity index is 1.22. The first-order valence-electron chi connectivity index (χ1n) is 14.9. The molecular weight excluding hydrogens is 600 g/mol. The van der Waals surface area contributed by atoms with Crippen molar-refractivity contribution in [1.82, 2.24) is 0 Å². The first kappa shape index (κ1) is 32.1. The number of halogens is 1. The van der Waals surface area contributed by atoms with Gasteiger partial charge >= 0.3 is 5.97 Å². The Labute approximate surface area is 274 Å². The molecule has 0 aliphatic rings.